The van der Waals surface area contributed by atoms with Crippen LogP contribution in [0.5, 0.6) is 0 Å². The molecule has 10 rings (SSSR count). The van der Waals surface area contributed by atoms with Crippen molar-refractivity contribution in [3.8, 4) is 56.3 Å². The maximum Gasteiger partial charge on any atom is 0.212 e. The van der Waals surface area contributed by atoms with E-state index < -0.39 is 26.4 Å². The number of aromatic nitrogens is 5. The van der Waals surface area contributed by atoms with Crippen molar-refractivity contribution in [1.29, 1.82) is 0 Å². The Morgan fingerprint density at radius 2 is 0.559 bits per heavy atom. The van der Waals surface area contributed by atoms with Gasteiger partial charge in [0, 0.05) is 99.7 Å². The molecule has 0 N–H and O–H groups in total. The Morgan fingerprint density at radius 3 is 0.901 bits per heavy atom. The lowest BCUT2D eigenvalue weighted by molar-refractivity contribution is -0.661. The molecule has 0 unspecified atom stereocenters. The first-order valence-electron chi connectivity index (χ1n) is 45.7. The highest BCUT2D eigenvalue weighted by Crippen LogP contribution is 2.39. The van der Waals surface area contributed by atoms with Gasteiger partial charge in [0.2, 0.25) is 28.5 Å². The van der Waals surface area contributed by atoms with Crippen LogP contribution in [-0.4, -0.2) is 0 Å². The van der Waals surface area contributed by atoms with Gasteiger partial charge in [-0.1, -0.05) is 248 Å². The van der Waals surface area contributed by atoms with Gasteiger partial charge in [-0.05, 0) is 231 Å². The summed E-state index contributed by atoms with van der Waals surface area (Å²) in [6, 6.07) is 43.6. The molecular weight excluding hydrogens is 1340 g/mol. The van der Waals surface area contributed by atoms with Gasteiger partial charge in [-0.15, -0.1) is 0 Å². The minimum absolute atomic E-state index is 0.0260. The zero-order chi connectivity index (χ0) is 92.2. The van der Waals surface area contributed by atoms with Gasteiger partial charge in [0.15, 0.2) is 31.0 Å². The number of hydrogen-bond donors (Lipinski definition) is 0. The third-order valence-electron chi connectivity index (χ3n) is 20.7. The largest absolute Gasteiger partial charge is 0.212 e. The van der Waals surface area contributed by atoms with Crippen molar-refractivity contribution < 1.29 is 36.5 Å². The number of rotatable bonds is 13. The van der Waals surface area contributed by atoms with E-state index in [-0.39, 0.29) is 44.5 Å². The van der Waals surface area contributed by atoms with Crippen molar-refractivity contribution in [2.75, 3.05) is 0 Å². The average molecular weight is 1510 g/mol. The fourth-order valence-electron chi connectivity index (χ4n) is 15.1. The quantitative estimate of drug-likeness (QED) is 0.103. The smallest absolute Gasteiger partial charge is 0.201 e. The van der Waals surface area contributed by atoms with E-state index in [9.17, 15) is 0 Å². The normalized spacial score (nSPS) is 13.8. The molecule has 596 valence electrons. The molecule has 0 atom stereocenters. The minimum Gasteiger partial charge on any atom is -0.201 e. The van der Waals surface area contributed by atoms with Crippen molar-refractivity contribution in [2.24, 2.45) is 58.9 Å². The average Bonchev–Trinajstić information content (AvgIpc) is 0.758. The molecule has 10 aromatic rings. The first-order chi connectivity index (χ1) is 55.1. The Hall–Kier alpha value is -8.15. The van der Waals surface area contributed by atoms with E-state index in [1.807, 2.05) is 19.9 Å². The molecule has 111 heavy (non-hydrogen) atoms. The van der Waals surface area contributed by atoms with Gasteiger partial charge in [0.05, 0.1) is 0 Å². The SMILES string of the molecule is Cc1ccc(-c2cc(C)c(C(C)(C)C)c[n+]2C)c(C)c1.Cc1ccc(-c2cc(CC(C)C)c(CC(C)C)c[n+]2C)c(C)c1.Cc1ccccc1-c1cc(C(C)(C)C)c(C(C)(C)C)c[n+]1C.[2H]C([2H])([2H])c1ccc(-c2cc(C(C)(C)C)c(C(C)(C)C)c[n+]2C)c(C)c1.[2H]C([2H])([2H])c1ccc(-c2cc(C([2H])([2H])C(C)C)c(C([2H])([2H])C(C)C)c[n+]2C)c(C)c1. The summed E-state index contributed by atoms with van der Waals surface area (Å²) in [6.07, 6.45) is 9.75. The summed E-state index contributed by atoms with van der Waals surface area (Å²) in [7, 11) is 10.3. The predicted molar refractivity (Wildman–Crippen MR) is 480 cm³/mol. The van der Waals surface area contributed by atoms with Gasteiger partial charge in [-0.25, -0.2) is 22.8 Å². The molecule has 0 amide bonds. The van der Waals surface area contributed by atoms with Crippen LogP contribution in [0.3, 0.4) is 0 Å². The lowest BCUT2D eigenvalue weighted by atomic mass is 9.75. The summed E-state index contributed by atoms with van der Waals surface area (Å²) in [4.78, 5) is 0. The maximum absolute atomic E-state index is 8.70. The highest BCUT2D eigenvalue weighted by molar-refractivity contribution is 5.67. The molecule has 0 aliphatic rings. The van der Waals surface area contributed by atoms with E-state index in [4.69, 9.17) is 13.7 Å². The van der Waals surface area contributed by atoms with Crippen molar-refractivity contribution >= 4 is 0 Å². The summed E-state index contributed by atoms with van der Waals surface area (Å²) >= 11 is 0. The topological polar surface area (TPSA) is 19.4 Å². The second-order valence-corrected chi connectivity index (χ2v) is 38.5. The summed E-state index contributed by atoms with van der Waals surface area (Å²) in [6.45, 7) is 63.1. The van der Waals surface area contributed by atoms with Crippen molar-refractivity contribution in [3.63, 3.8) is 0 Å². The number of nitrogens with zero attached hydrogens (tertiary/aromatic N) is 5. The van der Waals surface area contributed by atoms with Crippen LogP contribution in [0.15, 0.2) is 158 Å². The number of benzene rings is 5. The molecule has 0 aliphatic heterocycles. The van der Waals surface area contributed by atoms with Crippen molar-refractivity contribution in [2.45, 2.75) is 281 Å². The second-order valence-electron chi connectivity index (χ2n) is 38.5. The van der Waals surface area contributed by atoms with Crippen LogP contribution in [0.1, 0.15) is 279 Å². The third-order valence-corrected chi connectivity index (χ3v) is 20.7. The summed E-state index contributed by atoms with van der Waals surface area (Å²) in [5, 5.41) is 0. The van der Waals surface area contributed by atoms with E-state index >= 15 is 0 Å². The van der Waals surface area contributed by atoms with E-state index in [0.29, 0.717) is 34.2 Å². The zero-order valence-electron chi connectivity index (χ0n) is 86.0. The van der Waals surface area contributed by atoms with Crippen LogP contribution >= 0.6 is 0 Å². The molecule has 0 radical (unpaired) electrons. The van der Waals surface area contributed by atoms with Gasteiger partial charge in [0.25, 0.3) is 0 Å². The van der Waals surface area contributed by atoms with Gasteiger partial charge in [-0.3, -0.25) is 0 Å². The van der Waals surface area contributed by atoms with Crippen LogP contribution in [0.25, 0.3) is 56.3 Å². The van der Waals surface area contributed by atoms with Crippen LogP contribution in [-0.2, 0) is 87.9 Å². The first-order valence-corrected chi connectivity index (χ1v) is 40.7. The molecule has 5 heteroatoms. The molecule has 5 heterocycles. The van der Waals surface area contributed by atoms with Crippen LogP contribution < -0.4 is 22.8 Å². The Bertz CT molecular complexity index is 5280. The first kappa shape index (κ1) is 76.8. The highest BCUT2D eigenvalue weighted by Gasteiger charge is 2.33. The van der Waals surface area contributed by atoms with Gasteiger partial charge in [-0.2, -0.15) is 0 Å². The lowest BCUT2D eigenvalue weighted by Gasteiger charge is -2.29. The Labute approximate surface area is 693 Å². The highest BCUT2D eigenvalue weighted by atomic mass is 14.9. The standard InChI is InChI=1S/3C22H32N.C21H30N.C19H26N/c1-15-10-11-17(16(2)12-15)20-13-18(21(3,4)5)19(14-23(20)9)22(6,7)8;2*1-15(2)10-19-13-22(21-9-8-17(5)12-18(21)6)23(7)14-20(19)11-16(3)4;1-15-11-9-10-12-16(15)19-13-17(20(2,3)4)18(14-22(19)8)21(5,6)7;1-13-8-9-16(14(2)10-13)18-11-15(3)17(12-20(18)7)19(4,5)6/h10-14H,1-9H3;2*8-9,12-16H,10-11H2,1-7H3;9-14H,1-8H3;8-12H,1-7H3/q5*+1/i1D3;5D3,10D2,11D2;;;. The molecule has 5 nitrogen and oxygen atoms in total. The molecule has 0 bridgehead atoms. The fourth-order valence-corrected chi connectivity index (χ4v) is 15.1. The van der Waals surface area contributed by atoms with Gasteiger partial charge >= 0.3 is 0 Å². The summed E-state index contributed by atoms with van der Waals surface area (Å²) in [5.41, 5.74) is 33.2. The van der Waals surface area contributed by atoms with Gasteiger partial charge < -0.3 is 0 Å². The summed E-state index contributed by atoms with van der Waals surface area (Å²) in [5.74, 6) is 0.692. The molecule has 0 aliphatic carbocycles. The van der Waals surface area contributed by atoms with E-state index in [2.05, 4.69) is 329 Å². The monoisotopic (exact) mass is 1510 g/mol. The van der Waals surface area contributed by atoms with Crippen molar-refractivity contribution in [3.05, 3.63) is 264 Å². The number of pyridine rings is 5. The molecule has 0 fully saturated rings. The fraction of sp³-hybridized carbons (Fsp3) is 0.481. The van der Waals surface area contributed by atoms with E-state index in [1.165, 1.54) is 106 Å². The Morgan fingerprint density at radius 1 is 0.270 bits per heavy atom. The Balaban J connectivity index is 0.000000236. The molecule has 0 saturated carbocycles. The minimum atomic E-state index is -2.19. The Kier molecular flexibility index (Phi) is 26.1. The van der Waals surface area contributed by atoms with Crippen LogP contribution in [0.2, 0.25) is 0 Å². The maximum atomic E-state index is 8.70. The molecule has 0 spiro atoms. The second kappa shape index (κ2) is 37.7. The van der Waals surface area contributed by atoms with E-state index in [1.54, 1.807) is 81.9 Å². The zero-order valence-corrected chi connectivity index (χ0v) is 76.0. The number of hydrogen-bond acceptors (Lipinski definition) is 0. The number of aryl methyl sites for hydroxylation is 15. The van der Waals surface area contributed by atoms with Crippen LogP contribution in [0.4, 0.5) is 0 Å². The molecule has 5 aromatic carbocycles. The van der Waals surface area contributed by atoms with Crippen LogP contribution in [0, 0.1) is 92.8 Å². The lowest BCUT2D eigenvalue weighted by Crippen LogP contribution is -2.36. The molecule has 0 saturated heterocycles. The van der Waals surface area contributed by atoms with E-state index in [0.717, 1.165) is 40.8 Å². The molecular formula is C106H152N5+5. The van der Waals surface area contributed by atoms with Crippen molar-refractivity contribution in [1.82, 2.24) is 0 Å². The predicted octanol–water partition coefficient (Wildman–Crippen LogP) is 25.3. The third kappa shape index (κ3) is 25.2. The summed E-state index contributed by atoms with van der Waals surface area (Å²) < 4.78 is 91.2. The molecule has 5 aromatic heterocycles. The van der Waals surface area contributed by atoms with Gasteiger partial charge in [0.1, 0.15) is 35.2 Å².